The van der Waals surface area contributed by atoms with Crippen molar-refractivity contribution in [2.45, 2.75) is 57.1 Å². The third-order valence-electron chi connectivity index (χ3n) is 6.33. The van der Waals surface area contributed by atoms with Crippen LogP contribution in [-0.4, -0.2) is 67.5 Å². The van der Waals surface area contributed by atoms with Crippen LogP contribution in [0.3, 0.4) is 0 Å². The second kappa shape index (κ2) is 9.71. The SMILES string of the molecule is C/C=C/c1ccc2c(c1)O[C@H](CN(C)C(=O)C1CCC1)[C@@H](C)CN([C@@H](C)CO)S2(=O)=O. The number of hydrogen-bond acceptors (Lipinski definition) is 5. The predicted octanol–water partition coefficient (Wildman–Crippen LogP) is 2.75. The van der Waals surface area contributed by atoms with E-state index in [1.165, 1.54) is 4.31 Å². The van der Waals surface area contributed by atoms with Crippen LogP contribution in [0.4, 0.5) is 0 Å². The van der Waals surface area contributed by atoms with Gasteiger partial charge in [0, 0.05) is 31.5 Å². The Morgan fingerprint density at radius 1 is 1.39 bits per heavy atom. The van der Waals surface area contributed by atoms with E-state index in [4.69, 9.17) is 4.74 Å². The molecule has 3 atom stereocenters. The zero-order valence-corrected chi connectivity index (χ0v) is 19.6. The number of likely N-dealkylation sites (N-methyl/N-ethyl adjacent to an activating group) is 1. The quantitative estimate of drug-likeness (QED) is 0.720. The lowest BCUT2D eigenvalue weighted by Crippen LogP contribution is -2.50. The van der Waals surface area contributed by atoms with Crippen molar-refractivity contribution in [3.05, 3.63) is 29.8 Å². The molecule has 0 saturated heterocycles. The molecule has 1 fully saturated rings. The van der Waals surface area contributed by atoms with E-state index >= 15 is 0 Å². The van der Waals surface area contributed by atoms with Gasteiger partial charge in [-0.1, -0.05) is 31.6 Å². The molecule has 0 radical (unpaired) electrons. The Labute approximate surface area is 185 Å². The molecule has 0 bridgehead atoms. The van der Waals surface area contributed by atoms with Gasteiger partial charge in [-0.05, 0) is 44.4 Å². The van der Waals surface area contributed by atoms with Crippen molar-refractivity contribution in [2.24, 2.45) is 11.8 Å². The summed E-state index contributed by atoms with van der Waals surface area (Å²) in [7, 11) is -2.06. The zero-order valence-electron chi connectivity index (χ0n) is 18.8. The monoisotopic (exact) mass is 450 g/mol. The van der Waals surface area contributed by atoms with Gasteiger partial charge >= 0.3 is 0 Å². The van der Waals surface area contributed by atoms with Gasteiger partial charge in [0.05, 0.1) is 13.2 Å². The number of allylic oxidation sites excluding steroid dienone is 1. The highest BCUT2D eigenvalue weighted by molar-refractivity contribution is 7.89. The summed E-state index contributed by atoms with van der Waals surface area (Å²) in [6.45, 7) is 5.83. The molecule has 1 heterocycles. The maximum absolute atomic E-state index is 13.4. The number of ether oxygens (including phenoxy) is 1. The molecule has 0 unspecified atom stereocenters. The van der Waals surface area contributed by atoms with Crippen molar-refractivity contribution < 1.29 is 23.1 Å². The zero-order chi connectivity index (χ0) is 22.8. The van der Waals surface area contributed by atoms with Gasteiger partial charge in [-0.25, -0.2) is 8.42 Å². The molecule has 31 heavy (non-hydrogen) atoms. The molecular formula is C23H34N2O5S. The number of aliphatic hydroxyl groups is 1. The number of benzene rings is 1. The normalized spacial score (nSPS) is 25.1. The van der Waals surface area contributed by atoms with Gasteiger partial charge in [-0.3, -0.25) is 4.79 Å². The van der Waals surface area contributed by atoms with Gasteiger partial charge in [0.2, 0.25) is 15.9 Å². The largest absolute Gasteiger partial charge is 0.487 e. The number of nitrogens with zero attached hydrogens (tertiary/aromatic N) is 2. The average Bonchev–Trinajstić information content (AvgIpc) is 2.68. The lowest BCUT2D eigenvalue weighted by Gasteiger charge is -2.38. The summed E-state index contributed by atoms with van der Waals surface area (Å²) in [6, 6.07) is 4.47. The fourth-order valence-corrected chi connectivity index (χ4v) is 5.91. The van der Waals surface area contributed by atoms with E-state index in [9.17, 15) is 18.3 Å². The average molecular weight is 451 g/mol. The summed E-state index contributed by atoms with van der Waals surface area (Å²) in [5.74, 6) is 0.319. The second-order valence-electron chi connectivity index (χ2n) is 8.79. The highest BCUT2D eigenvalue weighted by Crippen LogP contribution is 2.35. The van der Waals surface area contributed by atoms with Crippen LogP contribution >= 0.6 is 0 Å². The molecule has 172 valence electrons. The molecule has 1 aromatic rings. The number of amides is 1. The Balaban J connectivity index is 1.99. The van der Waals surface area contributed by atoms with Crippen molar-refractivity contribution in [3.63, 3.8) is 0 Å². The number of aliphatic hydroxyl groups excluding tert-OH is 1. The van der Waals surface area contributed by atoms with Gasteiger partial charge in [-0.2, -0.15) is 4.31 Å². The fourth-order valence-electron chi connectivity index (χ4n) is 4.08. The highest BCUT2D eigenvalue weighted by Gasteiger charge is 2.39. The molecule has 1 N–H and O–H groups in total. The second-order valence-corrected chi connectivity index (χ2v) is 10.7. The molecule has 3 rings (SSSR count). The van der Waals surface area contributed by atoms with E-state index in [-0.39, 0.29) is 47.6 Å². The number of rotatable bonds is 6. The molecule has 2 aliphatic rings. The molecule has 1 aliphatic heterocycles. The van der Waals surface area contributed by atoms with E-state index in [1.54, 1.807) is 37.1 Å². The lowest BCUT2D eigenvalue weighted by molar-refractivity contribution is -0.138. The molecule has 8 heteroatoms. The lowest BCUT2D eigenvalue weighted by atomic mass is 9.84. The maximum atomic E-state index is 13.4. The minimum absolute atomic E-state index is 0.0888. The van der Waals surface area contributed by atoms with Gasteiger partial charge in [0.1, 0.15) is 16.7 Å². The predicted molar refractivity (Wildman–Crippen MR) is 120 cm³/mol. The van der Waals surface area contributed by atoms with Crippen LogP contribution in [-0.2, 0) is 14.8 Å². The van der Waals surface area contributed by atoms with E-state index < -0.39 is 16.1 Å². The molecule has 1 saturated carbocycles. The highest BCUT2D eigenvalue weighted by atomic mass is 32.2. The van der Waals surface area contributed by atoms with E-state index in [2.05, 4.69) is 0 Å². The van der Waals surface area contributed by atoms with Crippen molar-refractivity contribution in [3.8, 4) is 5.75 Å². The summed E-state index contributed by atoms with van der Waals surface area (Å²) in [4.78, 5) is 14.5. The van der Waals surface area contributed by atoms with Crippen LogP contribution in [0.2, 0.25) is 0 Å². The van der Waals surface area contributed by atoms with Crippen molar-refractivity contribution in [1.82, 2.24) is 9.21 Å². The molecule has 0 aromatic heterocycles. The van der Waals surface area contributed by atoms with Crippen LogP contribution in [0.5, 0.6) is 5.75 Å². The van der Waals surface area contributed by atoms with Gasteiger partial charge < -0.3 is 14.7 Å². The Morgan fingerprint density at radius 2 is 2.10 bits per heavy atom. The Morgan fingerprint density at radius 3 is 2.68 bits per heavy atom. The van der Waals surface area contributed by atoms with Gasteiger partial charge in [0.15, 0.2) is 0 Å². The summed E-state index contributed by atoms with van der Waals surface area (Å²) < 4.78 is 34.5. The van der Waals surface area contributed by atoms with Crippen LogP contribution in [0.25, 0.3) is 6.08 Å². The van der Waals surface area contributed by atoms with Crippen molar-refractivity contribution in [2.75, 3.05) is 26.7 Å². The minimum Gasteiger partial charge on any atom is -0.487 e. The van der Waals surface area contributed by atoms with Crippen LogP contribution in [0.1, 0.15) is 45.6 Å². The minimum atomic E-state index is -3.85. The molecule has 1 aromatic carbocycles. The number of hydrogen-bond donors (Lipinski definition) is 1. The fraction of sp³-hybridized carbons (Fsp3) is 0.609. The number of fused-ring (bicyclic) bond motifs is 1. The maximum Gasteiger partial charge on any atom is 0.247 e. The first-order chi connectivity index (χ1) is 14.7. The number of carbonyl (C=O) groups is 1. The topological polar surface area (TPSA) is 87.2 Å². The Kier molecular flexibility index (Phi) is 7.44. The molecule has 1 aliphatic carbocycles. The Bertz CT molecular complexity index is 926. The summed E-state index contributed by atoms with van der Waals surface area (Å²) in [5.41, 5.74) is 0.837. The summed E-state index contributed by atoms with van der Waals surface area (Å²) in [6.07, 6.45) is 6.34. The summed E-state index contributed by atoms with van der Waals surface area (Å²) >= 11 is 0. The third-order valence-corrected chi connectivity index (χ3v) is 8.35. The van der Waals surface area contributed by atoms with Crippen LogP contribution in [0.15, 0.2) is 29.2 Å². The third kappa shape index (κ3) is 4.96. The Hall–Kier alpha value is -1.90. The van der Waals surface area contributed by atoms with Crippen molar-refractivity contribution in [1.29, 1.82) is 0 Å². The summed E-state index contributed by atoms with van der Waals surface area (Å²) in [5, 5.41) is 9.71. The molecule has 7 nitrogen and oxygen atoms in total. The first-order valence-electron chi connectivity index (χ1n) is 11.0. The van der Waals surface area contributed by atoms with E-state index in [0.29, 0.717) is 6.54 Å². The number of sulfonamides is 1. The number of carbonyl (C=O) groups excluding carboxylic acids is 1. The van der Waals surface area contributed by atoms with E-state index in [0.717, 1.165) is 24.8 Å². The first-order valence-corrected chi connectivity index (χ1v) is 12.4. The van der Waals surface area contributed by atoms with Crippen LogP contribution in [0, 0.1) is 11.8 Å². The van der Waals surface area contributed by atoms with Crippen molar-refractivity contribution >= 4 is 22.0 Å². The smallest absolute Gasteiger partial charge is 0.247 e. The standard InChI is InChI=1S/C23H34N2O5S/c1-5-7-18-10-11-22-20(12-18)30-21(14-24(4)23(27)19-8-6-9-19)16(2)13-25(17(3)15-26)31(22,28)29/h5,7,10-12,16-17,19,21,26H,6,8-9,13-15H2,1-4H3/b7-5+/t16-,17-,21+/m0/s1. The first kappa shape index (κ1) is 23.8. The van der Waals surface area contributed by atoms with E-state index in [1.807, 2.05) is 26.0 Å². The van der Waals surface area contributed by atoms with Gasteiger partial charge in [0.25, 0.3) is 0 Å². The molecular weight excluding hydrogens is 416 g/mol. The van der Waals surface area contributed by atoms with Gasteiger partial charge in [-0.15, -0.1) is 0 Å². The molecule has 0 spiro atoms. The van der Waals surface area contributed by atoms with Crippen LogP contribution < -0.4 is 4.74 Å². The molecule has 1 amide bonds.